The molecule has 0 bridgehead atoms. The van der Waals surface area contributed by atoms with Gasteiger partial charge in [-0.1, -0.05) is 43.3 Å². The summed E-state index contributed by atoms with van der Waals surface area (Å²) in [5.41, 5.74) is 7.53. The molecule has 0 saturated heterocycles. The number of rotatable bonds is 1. The Balaban J connectivity index is 0.000000172. The van der Waals surface area contributed by atoms with Gasteiger partial charge in [0.15, 0.2) is 0 Å². The number of carbonyl (C=O) groups excluding carboxylic acids is 1. The van der Waals surface area contributed by atoms with Crippen molar-refractivity contribution in [2.24, 2.45) is 5.73 Å². The van der Waals surface area contributed by atoms with Crippen molar-refractivity contribution in [3.05, 3.63) is 70.0 Å². The van der Waals surface area contributed by atoms with Gasteiger partial charge in [-0.05, 0) is 48.1 Å². The van der Waals surface area contributed by atoms with E-state index in [9.17, 15) is 9.59 Å². The summed E-state index contributed by atoms with van der Waals surface area (Å²) in [6.07, 6.45) is 1.15. The zero-order valence-corrected chi connectivity index (χ0v) is 13.4. The lowest BCUT2D eigenvalue weighted by Gasteiger charge is -1.98. The van der Waals surface area contributed by atoms with Crippen molar-refractivity contribution >= 4 is 27.6 Å². The maximum absolute atomic E-state index is 11.4. The standard InChI is InChI=1S/C9H12.C8H6N2O2S/c1-3-9-7-5-4-6-8(9)2;9-8(12)10-7(11)5-3-1-2-4-6(5)13-10/h4-7H,3H2,1-2H3;1-4H,(H2,9,12). The summed E-state index contributed by atoms with van der Waals surface area (Å²) >= 11 is 1.06. The lowest BCUT2D eigenvalue weighted by Crippen LogP contribution is -2.26. The van der Waals surface area contributed by atoms with E-state index in [-0.39, 0.29) is 5.56 Å². The highest BCUT2D eigenvalue weighted by Gasteiger charge is 2.09. The third kappa shape index (κ3) is 3.43. The van der Waals surface area contributed by atoms with Crippen molar-refractivity contribution in [3.8, 4) is 0 Å². The summed E-state index contributed by atoms with van der Waals surface area (Å²) in [6.45, 7) is 4.33. The van der Waals surface area contributed by atoms with Gasteiger partial charge in [-0.2, -0.15) is 3.96 Å². The molecule has 0 radical (unpaired) electrons. The van der Waals surface area contributed by atoms with Crippen LogP contribution in [0, 0.1) is 6.92 Å². The summed E-state index contributed by atoms with van der Waals surface area (Å²) in [7, 11) is 0. The van der Waals surface area contributed by atoms with Crippen LogP contribution in [0.15, 0.2) is 53.3 Å². The molecular weight excluding hydrogens is 296 g/mol. The number of primary amides is 1. The Morgan fingerprint density at radius 2 is 1.77 bits per heavy atom. The molecule has 0 saturated carbocycles. The van der Waals surface area contributed by atoms with E-state index in [4.69, 9.17) is 5.73 Å². The summed E-state index contributed by atoms with van der Waals surface area (Å²) in [6, 6.07) is 14.8. The maximum atomic E-state index is 11.4. The Labute approximate surface area is 133 Å². The number of nitrogens with zero attached hydrogens (tertiary/aromatic N) is 1. The first-order valence-electron chi connectivity index (χ1n) is 7.00. The molecule has 0 aliphatic heterocycles. The number of benzene rings is 2. The number of carbonyl (C=O) groups is 1. The molecule has 2 aromatic carbocycles. The molecule has 1 heterocycles. The van der Waals surface area contributed by atoms with Gasteiger partial charge in [0, 0.05) is 0 Å². The van der Waals surface area contributed by atoms with Crippen LogP contribution >= 0.6 is 11.5 Å². The first-order valence-corrected chi connectivity index (χ1v) is 7.77. The first-order chi connectivity index (χ1) is 10.5. The second kappa shape index (κ2) is 7.04. The number of fused-ring (bicyclic) bond motifs is 1. The highest BCUT2D eigenvalue weighted by atomic mass is 32.1. The molecule has 3 aromatic rings. The molecule has 2 N–H and O–H groups in total. The van der Waals surface area contributed by atoms with Crippen LogP contribution in [0.4, 0.5) is 4.79 Å². The van der Waals surface area contributed by atoms with Gasteiger partial charge in [0.05, 0.1) is 10.1 Å². The van der Waals surface area contributed by atoms with Gasteiger partial charge in [0.1, 0.15) is 0 Å². The molecule has 0 aliphatic rings. The number of amides is 1. The van der Waals surface area contributed by atoms with Crippen molar-refractivity contribution < 1.29 is 4.79 Å². The van der Waals surface area contributed by atoms with Crippen LogP contribution in [0.1, 0.15) is 18.1 Å². The fraction of sp³-hybridized carbons (Fsp3) is 0.176. The topological polar surface area (TPSA) is 65.1 Å². The van der Waals surface area contributed by atoms with Gasteiger partial charge >= 0.3 is 6.03 Å². The van der Waals surface area contributed by atoms with Gasteiger partial charge in [-0.3, -0.25) is 4.79 Å². The van der Waals surface area contributed by atoms with E-state index in [1.54, 1.807) is 18.2 Å². The third-order valence-corrected chi connectivity index (χ3v) is 4.41. The quantitative estimate of drug-likeness (QED) is 0.746. The van der Waals surface area contributed by atoms with Crippen molar-refractivity contribution in [3.63, 3.8) is 0 Å². The predicted octanol–water partition coefficient (Wildman–Crippen LogP) is 3.55. The van der Waals surface area contributed by atoms with Crippen LogP contribution in [-0.4, -0.2) is 9.99 Å². The highest BCUT2D eigenvalue weighted by Crippen LogP contribution is 2.14. The van der Waals surface area contributed by atoms with Crippen molar-refractivity contribution in [2.45, 2.75) is 20.3 Å². The van der Waals surface area contributed by atoms with Crippen LogP contribution < -0.4 is 11.3 Å². The Hall–Kier alpha value is -2.40. The molecule has 4 nitrogen and oxygen atoms in total. The number of aryl methyl sites for hydroxylation is 2. The van der Waals surface area contributed by atoms with Gasteiger partial charge in [0.25, 0.3) is 5.56 Å². The van der Waals surface area contributed by atoms with Crippen LogP contribution in [0.25, 0.3) is 10.1 Å². The first kappa shape index (κ1) is 16.0. The third-order valence-electron chi connectivity index (χ3n) is 3.33. The lowest BCUT2D eigenvalue weighted by molar-refractivity contribution is 0.252. The van der Waals surface area contributed by atoms with Crippen LogP contribution in [0.3, 0.4) is 0 Å². The molecule has 1 amide bonds. The molecule has 5 heteroatoms. The van der Waals surface area contributed by atoms with E-state index >= 15 is 0 Å². The molecular formula is C17H18N2O2S. The van der Waals surface area contributed by atoms with E-state index in [2.05, 4.69) is 38.1 Å². The van der Waals surface area contributed by atoms with E-state index in [0.29, 0.717) is 5.39 Å². The maximum Gasteiger partial charge on any atom is 0.335 e. The Kier molecular flexibility index (Phi) is 5.12. The van der Waals surface area contributed by atoms with Crippen LogP contribution in [0.5, 0.6) is 0 Å². The van der Waals surface area contributed by atoms with E-state index in [1.165, 1.54) is 11.1 Å². The largest absolute Gasteiger partial charge is 0.350 e. The lowest BCUT2D eigenvalue weighted by atomic mass is 10.1. The zero-order chi connectivity index (χ0) is 16.1. The normalized spacial score (nSPS) is 10.1. The fourth-order valence-corrected chi connectivity index (χ4v) is 2.99. The van der Waals surface area contributed by atoms with E-state index in [0.717, 1.165) is 26.6 Å². The van der Waals surface area contributed by atoms with Crippen molar-refractivity contribution in [1.82, 2.24) is 3.96 Å². The second-order valence-corrected chi connectivity index (χ2v) is 5.79. The van der Waals surface area contributed by atoms with Gasteiger partial charge in [-0.15, -0.1) is 0 Å². The molecule has 0 spiro atoms. The minimum absolute atomic E-state index is 0.340. The molecule has 0 atom stereocenters. The van der Waals surface area contributed by atoms with Crippen molar-refractivity contribution in [1.29, 1.82) is 0 Å². The summed E-state index contributed by atoms with van der Waals surface area (Å²) in [4.78, 5) is 22.2. The van der Waals surface area contributed by atoms with Crippen LogP contribution in [-0.2, 0) is 6.42 Å². The van der Waals surface area contributed by atoms with E-state index < -0.39 is 6.03 Å². The average molecular weight is 314 g/mol. The number of nitrogens with two attached hydrogens (primary N) is 1. The molecule has 114 valence electrons. The predicted molar refractivity (Wildman–Crippen MR) is 91.6 cm³/mol. The van der Waals surface area contributed by atoms with Gasteiger partial charge in [-0.25, -0.2) is 4.79 Å². The SMILES string of the molecule is CCc1ccccc1C.NC(=O)n1sc2ccccc2c1=O. The minimum Gasteiger partial charge on any atom is -0.350 e. The molecule has 22 heavy (non-hydrogen) atoms. The monoisotopic (exact) mass is 314 g/mol. The van der Waals surface area contributed by atoms with E-state index in [1.807, 2.05) is 6.07 Å². The van der Waals surface area contributed by atoms with Gasteiger partial charge in [0.2, 0.25) is 0 Å². The summed E-state index contributed by atoms with van der Waals surface area (Å²) in [5.74, 6) is 0. The Bertz CT molecular complexity index is 849. The van der Waals surface area contributed by atoms with Crippen LogP contribution in [0.2, 0.25) is 0 Å². The highest BCUT2D eigenvalue weighted by molar-refractivity contribution is 7.14. The summed E-state index contributed by atoms with van der Waals surface area (Å²) in [5, 5.41) is 0.534. The minimum atomic E-state index is -0.730. The molecule has 0 fully saturated rings. The number of aromatic nitrogens is 1. The number of hydrogen-bond donors (Lipinski definition) is 1. The molecule has 0 aliphatic carbocycles. The molecule has 1 aromatic heterocycles. The van der Waals surface area contributed by atoms with Crippen molar-refractivity contribution in [2.75, 3.05) is 0 Å². The molecule has 3 rings (SSSR count). The van der Waals surface area contributed by atoms with Gasteiger partial charge < -0.3 is 5.73 Å². The zero-order valence-electron chi connectivity index (χ0n) is 12.6. The smallest absolute Gasteiger partial charge is 0.335 e. The average Bonchev–Trinajstić information content (AvgIpc) is 2.86. The second-order valence-electron chi connectivity index (χ2n) is 4.81. The Morgan fingerprint density at radius 1 is 1.14 bits per heavy atom. The fourth-order valence-electron chi connectivity index (χ4n) is 2.12. The summed E-state index contributed by atoms with van der Waals surface area (Å²) < 4.78 is 1.72. The Morgan fingerprint density at radius 3 is 2.32 bits per heavy atom. The number of hydrogen-bond acceptors (Lipinski definition) is 3. The molecule has 0 unspecified atom stereocenters.